The van der Waals surface area contributed by atoms with E-state index in [9.17, 15) is 4.79 Å². The van der Waals surface area contributed by atoms with E-state index < -0.39 is 0 Å². The number of benzene rings is 1. The molecule has 6 heteroatoms. The topological polar surface area (TPSA) is 66.0 Å². The van der Waals surface area contributed by atoms with E-state index in [1.54, 1.807) is 0 Å². The normalized spacial score (nSPS) is 22.4. The van der Waals surface area contributed by atoms with Gasteiger partial charge >= 0.3 is 0 Å². The number of amidine groups is 1. The van der Waals surface area contributed by atoms with Crippen LogP contribution in [-0.2, 0) is 11.2 Å². The monoisotopic (exact) mass is 342 g/mol. The summed E-state index contributed by atoms with van der Waals surface area (Å²) in [6.07, 6.45) is 4.75. The van der Waals surface area contributed by atoms with Gasteiger partial charge in [0.05, 0.1) is 5.69 Å². The van der Waals surface area contributed by atoms with Gasteiger partial charge in [0, 0.05) is 11.7 Å². The maximum absolute atomic E-state index is 12.1. The molecule has 1 unspecified atom stereocenters. The zero-order valence-electron chi connectivity index (χ0n) is 15.1. The van der Waals surface area contributed by atoms with Crippen LogP contribution >= 0.6 is 0 Å². The minimum absolute atomic E-state index is 0.0867. The van der Waals surface area contributed by atoms with Crippen LogP contribution in [0.2, 0.25) is 0 Å². The zero-order valence-corrected chi connectivity index (χ0v) is 15.1. The van der Waals surface area contributed by atoms with Crippen molar-refractivity contribution in [3.05, 3.63) is 17.7 Å². The van der Waals surface area contributed by atoms with E-state index in [1.165, 1.54) is 30.5 Å². The minimum atomic E-state index is -0.289. The number of nitrogens with zero attached hydrogens (tertiary/aromatic N) is 2. The predicted molar refractivity (Wildman–Crippen MR) is 99.3 cm³/mol. The zero-order chi connectivity index (χ0) is 17.6. The molecule has 2 aliphatic heterocycles. The summed E-state index contributed by atoms with van der Waals surface area (Å²) >= 11 is 0. The molecular weight excluding hydrogens is 316 g/mol. The number of rotatable bonds is 4. The quantitative estimate of drug-likeness (QED) is 0.883. The van der Waals surface area contributed by atoms with E-state index in [4.69, 9.17) is 4.74 Å². The Morgan fingerprint density at radius 3 is 2.88 bits per heavy atom. The smallest absolute Gasteiger partial charge is 0.262 e. The Morgan fingerprint density at radius 1 is 1.40 bits per heavy atom. The van der Waals surface area contributed by atoms with Crippen molar-refractivity contribution in [1.82, 2.24) is 5.43 Å². The Labute approximate surface area is 148 Å². The summed E-state index contributed by atoms with van der Waals surface area (Å²) in [5.74, 6) is 2.08. The number of amides is 1. The molecule has 0 saturated heterocycles. The molecule has 25 heavy (non-hydrogen) atoms. The van der Waals surface area contributed by atoms with Gasteiger partial charge in [-0.1, -0.05) is 13.8 Å². The van der Waals surface area contributed by atoms with Gasteiger partial charge in [0.1, 0.15) is 18.4 Å². The number of ether oxygens (including phenoxy) is 1. The second kappa shape index (κ2) is 6.24. The number of anilines is 2. The molecule has 1 saturated carbocycles. The highest BCUT2D eigenvalue weighted by molar-refractivity contribution is 6.09. The fourth-order valence-electron chi connectivity index (χ4n) is 3.63. The molecular formula is C19H26N4O2. The summed E-state index contributed by atoms with van der Waals surface area (Å²) in [4.78, 5) is 14.1. The van der Waals surface area contributed by atoms with Crippen molar-refractivity contribution in [3.63, 3.8) is 0 Å². The standard InChI is InChI=1S/C19H26N4O2/c1-11(2)7-13-8-17-16(9-15(13)20-14-5-4-6-14)23-12(3)19(24)22-21-18(23)10-25-17/h8-9,11-12,14,20H,4-7,10H2,1-3H3,(H,22,24). The van der Waals surface area contributed by atoms with Crippen LogP contribution in [-0.4, -0.2) is 30.4 Å². The van der Waals surface area contributed by atoms with Crippen molar-refractivity contribution in [2.24, 2.45) is 11.0 Å². The molecule has 0 aromatic heterocycles. The average Bonchev–Trinajstić information content (AvgIpc) is 2.53. The molecule has 4 rings (SSSR count). The lowest BCUT2D eigenvalue weighted by Crippen LogP contribution is -2.55. The lowest BCUT2D eigenvalue weighted by molar-refractivity contribution is -0.122. The van der Waals surface area contributed by atoms with Gasteiger partial charge in [0.25, 0.3) is 5.91 Å². The van der Waals surface area contributed by atoms with Crippen molar-refractivity contribution >= 4 is 23.1 Å². The molecule has 1 amide bonds. The maximum atomic E-state index is 12.1. The van der Waals surface area contributed by atoms with E-state index in [1.807, 2.05) is 11.8 Å². The van der Waals surface area contributed by atoms with Crippen molar-refractivity contribution in [2.75, 3.05) is 16.8 Å². The van der Waals surface area contributed by atoms with Crippen molar-refractivity contribution in [2.45, 2.75) is 58.5 Å². The van der Waals surface area contributed by atoms with Crippen LogP contribution < -0.4 is 20.4 Å². The summed E-state index contributed by atoms with van der Waals surface area (Å²) in [5.41, 5.74) is 5.96. The average molecular weight is 342 g/mol. The fourth-order valence-corrected chi connectivity index (χ4v) is 3.63. The summed E-state index contributed by atoms with van der Waals surface area (Å²) in [7, 11) is 0. The Morgan fingerprint density at radius 2 is 2.20 bits per heavy atom. The van der Waals surface area contributed by atoms with Crippen molar-refractivity contribution in [1.29, 1.82) is 0 Å². The summed E-state index contributed by atoms with van der Waals surface area (Å²) in [6, 6.07) is 4.56. The van der Waals surface area contributed by atoms with Crippen LogP contribution in [0.25, 0.3) is 0 Å². The highest BCUT2D eigenvalue weighted by Gasteiger charge is 2.36. The number of hydrazone groups is 1. The van der Waals surface area contributed by atoms with E-state index >= 15 is 0 Å². The van der Waals surface area contributed by atoms with Gasteiger partial charge in [-0.05, 0) is 56.2 Å². The Bertz CT molecular complexity index is 724. The van der Waals surface area contributed by atoms with Gasteiger partial charge in [0.2, 0.25) is 0 Å². The third-order valence-corrected chi connectivity index (χ3v) is 5.23. The van der Waals surface area contributed by atoms with Crippen LogP contribution in [0.15, 0.2) is 17.2 Å². The number of carbonyl (C=O) groups excluding carboxylic acids is 1. The molecule has 1 fully saturated rings. The van der Waals surface area contributed by atoms with E-state index in [2.05, 4.69) is 41.8 Å². The molecule has 0 bridgehead atoms. The van der Waals surface area contributed by atoms with Gasteiger partial charge in [-0.25, -0.2) is 5.43 Å². The van der Waals surface area contributed by atoms with Crippen LogP contribution in [0.1, 0.15) is 45.6 Å². The third-order valence-electron chi connectivity index (χ3n) is 5.23. The number of fused-ring (bicyclic) bond motifs is 3. The van der Waals surface area contributed by atoms with Gasteiger partial charge in [0.15, 0.2) is 5.84 Å². The Kier molecular flexibility index (Phi) is 4.06. The second-order valence-corrected chi connectivity index (χ2v) is 7.69. The number of carbonyl (C=O) groups is 1. The van der Waals surface area contributed by atoms with Crippen molar-refractivity contribution in [3.8, 4) is 5.75 Å². The first-order chi connectivity index (χ1) is 12.0. The van der Waals surface area contributed by atoms with Crippen LogP contribution in [0, 0.1) is 5.92 Å². The molecule has 1 aliphatic carbocycles. The van der Waals surface area contributed by atoms with E-state index in [0.717, 1.165) is 23.7 Å². The molecule has 3 aliphatic rings. The summed E-state index contributed by atoms with van der Waals surface area (Å²) < 4.78 is 5.95. The molecule has 0 radical (unpaired) electrons. The van der Waals surface area contributed by atoms with Gasteiger partial charge in [-0.2, -0.15) is 5.10 Å². The Balaban J connectivity index is 1.75. The lowest BCUT2D eigenvalue weighted by atomic mass is 9.91. The molecule has 2 N–H and O–H groups in total. The lowest BCUT2D eigenvalue weighted by Gasteiger charge is -2.39. The highest BCUT2D eigenvalue weighted by Crippen LogP contribution is 2.40. The van der Waals surface area contributed by atoms with Gasteiger partial charge in [-0.3, -0.25) is 4.79 Å². The second-order valence-electron chi connectivity index (χ2n) is 7.69. The first-order valence-electron chi connectivity index (χ1n) is 9.25. The molecule has 2 heterocycles. The number of hydrogen-bond donors (Lipinski definition) is 2. The first kappa shape index (κ1) is 16.2. The van der Waals surface area contributed by atoms with E-state index in [0.29, 0.717) is 18.6 Å². The van der Waals surface area contributed by atoms with Crippen LogP contribution in [0.3, 0.4) is 0 Å². The largest absolute Gasteiger partial charge is 0.483 e. The molecule has 6 nitrogen and oxygen atoms in total. The molecule has 0 spiro atoms. The first-order valence-corrected chi connectivity index (χ1v) is 9.25. The fraction of sp³-hybridized carbons (Fsp3) is 0.579. The number of hydrogen-bond acceptors (Lipinski definition) is 5. The number of nitrogens with one attached hydrogen (secondary N) is 2. The molecule has 1 aromatic rings. The van der Waals surface area contributed by atoms with Gasteiger partial charge in [-0.15, -0.1) is 0 Å². The minimum Gasteiger partial charge on any atom is -0.483 e. The van der Waals surface area contributed by atoms with Crippen LogP contribution in [0.5, 0.6) is 5.75 Å². The molecule has 1 atom stereocenters. The van der Waals surface area contributed by atoms with E-state index in [-0.39, 0.29) is 11.9 Å². The Hall–Kier alpha value is -2.24. The van der Waals surface area contributed by atoms with Gasteiger partial charge < -0.3 is 15.0 Å². The highest BCUT2D eigenvalue weighted by atomic mass is 16.5. The van der Waals surface area contributed by atoms with Crippen molar-refractivity contribution < 1.29 is 9.53 Å². The summed E-state index contributed by atoms with van der Waals surface area (Å²) in [5, 5.41) is 7.87. The maximum Gasteiger partial charge on any atom is 0.262 e. The SMILES string of the molecule is CC(C)Cc1cc2c(cc1NC1CCC1)N1C(=NNC(=O)C1C)CO2. The molecule has 134 valence electrons. The third kappa shape index (κ3) is 2.94. The summed E-state index contributed by atoms with van der Waals surface area (Å²) in [6.45, 7) is 6.75. The van der Waals surface area contributed by atoms with Crippen LogP contribution in [0.4, 0.5) is 11.4 Å². The predicted octanol–water partition coefficient (Wildman–Crippen LogP) is 2.88. The molecule has 1 aromatic carbocycles.